The Morgan fingerprint density at radius 1 is 1.02 bits per heavy atom. The minimum atomic E-state index is -2.26. The van der Waals surface area contributed by atoms with Crippen molar-refractivity contribution in [2.75, 3.05) is 21.2 Å². The van der Waals surface area contributed by atoms with Gasteiger partial charge in [-0.3, -0.25) is 14.4 Å². The van der Waals surface area contributed by atoms with Gasteiger partial charge >= 0.3 is 12.1 Å². The normalized spacial score (nSPS) is 46.1. The summed E-state index contributed by atoms with van der Waals surface area (Å²) < 4.78 is 35.0. The number of carbonyl (C=O) groups is 4. The van der Waals surface area contributed by atoms with Gasteiger partial charge in [0, 0.05) is 25.0 Å². The number of hydrogen-bond donors (Lipinski definition) is 2. The standard InChI is InChI=1S/C31H51NO12/c1-12-20-31(8)27(43-28(37)44-31)30(7,38)23(35)15(2)14-29(6,39-11)24(17(4)21(33)18(5)25(36)41-20)42-26-22(34)19(32(9)10)13-16(3)40-26/h15-20,22,24,26-27,34,38H,12-14H2,1-11H3/t15-,16-,17+,18-,19+,20-,22-,24-,26+,27+,29+,30-,31-/m1/s1. The van der Waals surface area contributed by atoms with Crippen molar-refractivity contribution < 1.29 is 57.8 Å². The Bertz CT molecular complexity index is 1100. The van der Waals surface area contributed by atoms with Crippen LogP contribution in [0.25, 0.3) is 0 Å². The first-order valence-electron chi connectivity index (χ1n) is 15.4. The topological polar surface area (TPSA) is 167 Å². The lowest BCUT2D eigenvalue weighted by Crippen LogP contribution is -2.63. The lowest BCUT2D eigenvalue weighted by atomic mass is 9.72. The van der Waals surface area contributed by atoms with Gasteiger partial charge < -0.3 is 43.5 Å². The highest BCUT2D eigenvalue weighted by molar-refractivity contribution is 6.00. The van der Waals surface area contributed by atoms with Gasteiger partial charge in [-0.25, -0.2) is 4.79 Å². The largest absolute Gasteiger partial charge is 0.509 e. The molecular weight excluding hydrogens is 578 g/mol. The second-order valence-electron chi connectivity index (χ2n) is 13.5. The molecule has 0 radical (unpaired) electrons. The van der Waals surface area contributed by atoms with Crippen molar-refractivity contribution in [2.24, 2.45) is 17.8 Å². The second-order valence-corrected chi connectivity index (χ2v) is 13.5. The minimum Gasteiger partial charge on any atom is -0.457 e. The van der Waals surface area contributed by atoms with E-state index < -0.39 is 89.0 Å². The fraction of sp³-hybridized carbons (Fsp3) is 0.871. The predicted octanol–water partition coefficient (Wildman–Crippen LogP) is 2.02. The van der Waals surface area contributed by atoms with E-state index in [2.05, 4.69) is 0 Å². The Morgan fingerprint density at radius 2 is 1.64 bits per heavy atom. The maximum absolute atomic E-state index is 14.0. The SMILES string of the molecule is CC[C@H]1OC(=O)[C@H](C)C(=O)[C@H](C)[C@@H](O[C@@H]2O[C@H](C)C[C@H](N(C)C)[C@H]2O)[C@@](C)(OC)C[C@@H](C)C(=O)[C@@](C)(O)[C@@H]2OC(=O)O[C@@]21C. The number of aliphatic hydroxyl groups excluding tert-OH is 1. The molecule has 3 saturated heterocycles. The van der Waals surface area contributed by atoms with Gasteiger partial charge in [0.2, 0.25) is 0 Å². The van der Waals surface area contributed by atoms with Crippen LogP contribution in [0.3, 0.4) is 0 Å². The van der Waals surface area contributed by atoms with Crippen LogP contribution in [0.2, 0.25) is 0 Å². The summed E-state index contributed by atoms with van der Waals surface area (Å²) in [6.07, 6.45) is -6.82. The van der Waals surface area contributed by atoms with Crippen LogP contribution < -0.4 is 0 Å². The fourth-order valence-corrected chi connectivity index (χ4v) is 7.12. The van der Waals surface area contributed by atoms with E-state index in [-0.39, 0.29) is 25.0 Å². The highest BCUT2D eigenvalue weighted by Crippen LogP contribution is 2.43. The molecule has 3 aliphatic rings. The summed E-state index contributed by atoms with van der Waals surface area (Å²) in [5, 5.41) is 22.9. The lowest BCUT2D eigenvalue weighted by Gasteiger charge is -2.47. The molecule has 13 heteroatoms. The van der Waals surface area contributed by atoms with E-state index in [9.17, 15) is 29.4 Å². The average Bonchev–Trinajstić information content (AvgIpc) is 3.28. The van der Waals surface area contributed by atoms with Crippen molar-refractivity contribution >= 4 is 23.7 Å². The maximum Gasteiger partial charge on any atom is 0.509 e. The number of ether oxygens (including phenoxy) is 6. The molecule has 0 saturated carbocycles. The van der Waals surface area contributed by atoms with E-state index in [0.717, 1.165) is 0 Å². The molecule has 0 aliphatic carbocycles. The number of methoxy groups -OCH3 is 1. The zero-order valence-corrected chi connectivity index (χ0v) is 27.8. The highest BCUT2D eigenvalue weighted by atomic mass is 16.8. The van der Waals surface area contributed by atoms with Gasteiger partial charge in [0.15, 0.2) is 35.2 Å². The number of nitrogens with zero attached hydrogens (tertiary/aromatic N) is 1. The molecule has 0 unspecified atom stereocenters. The molecule has 3 fully saturated rings. The van der Waals surface area contributed by atoms with Gasteiger partial charge in [0.25, 0.3) is 0 Å². The monoisotopic (exact) mass is 629 g/mol. The summed E-state index contributed by atoms with van der Waals surface area (Å²) in [5.74, 6) is -5.30. The number of rotatable bonds is 5. The van der Waals surface area contributed by atoms with Crippen LogP contribution >= 0.6 is 0 Å². The minimum absolute atomic E-state index is 0.0511. The Kier molecular flexibility index (Phi) is 11.0. The van der Waals surface area contributed by atoms with Gasteiger partial charge in [0.1, 0.15) is 18.1 Å². The number of esters is 1. The molecule has 0 spiro atoms. The Hall–Kier alpha value is -2.16. The van der Waals surface area contributed by atoms with Crippen molar-refractivity contribution in [1.29, 1.82) is 0 Å². The molecule has 44 heavy (non-hydrogen) atoms. The van der Waals surface area contributed by atoms with Crippen molar-refractivity contribution in [3.05, 3.63) is 0 Å². The average molecular weight is 630 g/mol. The van der Waals surface area contributed by atoms with Gasteiger partial charge in [0.05, 0.1) is 17.8 Å². The highest BCUT2D eigenvalue weighted by Gasteiger charge is 2.64. The number of cyclic esters (lactones) is 1. The summed E-state index contributed by atoms with van der Waals surface area (Å²) in [6, 6.07) is -0.303. The van der Waals surface area contributed by atoms with Crippen molar-refractivity contribution in [1.82, 2.24) is 4.90 Å². The molecule has 13 atom stereocenters. The van der Waals surface area contributed by atoms with E-state index in [1.54, 1.807) is 27.7 Å². The number of hydrogen-bond acceptors (Lipinski definition) is 13. The predicted molar refractivity (Wildman–Crippen MR) is 155 cm³/mol. The summed E-state index contributed by atoms with van der Waals surface area (Å²) in [7, 11) is 5.08. The van der Waals surface area contributed by atoms with Crippen LogP contribution in [-0.4, -0.2) is 120 Å². The van der Waals surface area contributed by atoms with Crippen LogP contribution in [0, 0.1) is 17.8 Å². The molecule has 3 heterocycles. The van der Waals surface area contributed by atoms with Crippen LogP contribution in [0.15, 0.2) is 0 Å². The Balaban J connectivity index is 2.13. The van der Waals surface area contributed by atoms with Gasteiger partial charge in [-0.1, -0.05) is 20.8 Å². The van der Waals surface area contributed by atoms with Crippen LogP contribution in [-0.2, 0) is 42.8 Å². The number of fused-ring (bicyclic) bond motifs is 1. The Morgan fingerprint density at radius 3 is 2.18 bits per heavy atom. The Labute approximate surface area is 259 Å². The molecule has 0 aromatic heterocycles. The first kappa shape index (κ1) is 36.3. The third kappa shape index (κ3) is 6.68. The van der Waals surface area contributed by atoms with E-state index in [4.69, 9.17) is 28.4 Å². The van der Waals surface area contributed by atoms with Crippen LogP contribution in [0.1, 0.15) is 74.7 Å². The number of aliphatic hydroxyl groups is 2. The van der Waals surface area contributed by atoms with E-state index in [0.29, 0.717) is 6.42 Å². The molecule has 0 bridgehead atoms. The van der Waals surface area contributed by atoms with E-state index >= 15 is 0 Å². The zero-order valence-electron chi connectivity index (χ0n) is 27.8. The maximum atomic E-state index is 14.0. The molecule has 13 nitrogen and oxygen atoms in total. The lowest BCUT2D eigenvalue weighted by molar-refractivity contribution is -0.295. The summed E-state index contributed by atoms with van der Waals surface area (Å²) in [5.41, 5.74) is -5.37. The molecule has 0 amide bonds. The second kappa shape index (κ2) is 13.3. The molecule has 2 N–H and O–H groups in total. The quantitative estimate of drug-likeness (QED) is 0.335. The molecule has 0 aromatic rings. The van der Waals surface area contributed by atoms with E-state index in [1.807, 2.05) is 25.9 Å². The molecule has 3 aliphatic heterocycles. The molecular formula is C31H51NO12. The van der Waals surface area contributed by atoms with Crippen molar-refractivity contribution in [3.8, 4) is 0 Å². The molecule has 252 valence electrons. The first-order chi connectivity index (χ1) is 20.2. The van der Waals surface area contributed by atoms with Gasteiger partial charge in [-0.15, -0.1) is 0 Å². The van der Waals surface area contributed by atoms with Gasteiger partial charge in [-0.2, -0.15) is 0 Å². The third-order valence-electron chi connectivity index (χ3n) is 9.78. The van der Waals surface area contributed by atoms with Crippen LogP contribution in [0.4, 0.5) is 4.79 Å². The fourth-order valence-electron chi connectivity index (χ4n) is 7.12. The van der Waals surface area contributed by atoms with Gasteiger partial charge in [-0.05, 0) is 68.0 Å². The smallest absolute Gasteiger partial charge is 0.457 e. The zero-order chi connectivity index (χ0) is 33.5. The summed E-state index contributed by atoms with van der Waals surface area (Å²) >= 11 is 0. The number of likely N-dealkylation sites (N-methyl/N-ethyl adjacent to an activating group) is 1. The number of carbonyl (C=O) groups excluding carboxylic acids is 4. The summed E-state index contributed by atoms with van der Waals surface area (Å²) in [6.45, 7) is 12.4. The van der Waals surface area contributed by atoms with E-state index in [1.165, 1.54) is 27.9 Å². The number of Topliss-reactive ketones (excluding diaryl/α,β-unsaturated/α-hetero) is 2. The van der Waals surface area contributed by atoms with Crippen LogP contribution in [0.5, 0.6) is 0 Å². The third-order valence-corrected chi connectivity index (χ3v) is 9.78. The first-order valence-corrected chi connectivity index (χ1v) is 15.4. The van der Waals surface area contributed by atoms with Crippen molar-refractivity contribution in [2.45, 2.75) is 134 Å². The molecule has 0 aromatic carbocycles. The van der Waals surface area contributed by atoms with Crippen molar-refractivity contribution in [3.63, 3.8) is 0 Å². The molecule has 3 rings (SSSR count). The summed E-state index contributed by atoms with van der Waals surface area (Å²) in [4.78, 5) is 55.6. The number of ketones is 2.